The molecular formula is C13H17BrClNO3. The van der Waals surface area contributed by atoms with Crippen molar-refractivity contribution in [3.8, 4) is 5.75 Å². The molecule has 6 heteroatoms. The van der Waals surface area contributed by atoms with Crippen molar-refractivity contribution in [3.63, 3.8) is 0 Å². The van der Waals surface area contributed by atoms with Crippen LogP contribution < -0.4 is 4.74 Å². The Morgan fingerprint density at radius 1 is 1.53 bits per heavy atom. The Labute approximate surface area is 126 Å². The van der Waals surface area contributed by atoms with Crippen LogP contribution in [0.4, 0.5) is 0 Å². The lowest BCUT2D eigenvalue weighted by molar-refractivity contribution is -0.0313. The van der Waals surface area contributed by atoms with Crippen molar-refractivity contribution in [2.45, 2.75) is 6.04 Å². The maximum Gasteiger partial charge on any atom is 0.133 e. The van der Waals surface area contributed by atoms with Crippen LogP contribution in [0.2, 0.25) is 5.02 Å². The summed E-state index contributed by atoms with van der Waals surface area (Å²) < 4.78 is 11.9. The first kappa shape index (κ1) is 15.1. The average Bonchev–Trinajstić information content (AvgIpc) is 2.42. The van der Waals surface area contributed by atoms with Gasteiger partial charge in [-0.15, -0.1) is 0 Å². The van der Waals surface area contributed by atoms with Crippen LogP contribution in [-0.4, -0.2) is 55.6 Å². The normalized spacial score (nSPS) is 20.5. The summed E-state index contributed by atoms with van der Waals surface area (Å²) in [7, 11) is 0. The van der Waals surface area contributed by atoms with Gasteiger partial charge in [-0.25, -0.2) is 0 Å². The maximum absolute atomic E-state index is 9.27. The Balaban J connectivity index is 1.82. The fourth-order valence-corrected chi connectivity index (χ4v) is 2.81. The van der Waals surface area contributed by atoms with Gasteiger partial charge in [-0.1, -0.05) is 11.6 Å². The molecule has 0 saturated carbocycles. The molecule has 1 aromatic rings. The minimum absolute atomic E-state index is 0.0750. The van der Waals surface area contributed by atoms with Gasteiger partial charge >= 0.3 is 0 Å². The fraction of sp³-hybridized carbons (Fsp3) is 0.538. The number of hydrogen-bond acceptors (Lipinski definition) is 4. The zero-order chi connectivity index (χ0) is 13.7. The minimum Gasteiger partial charge on any atom is -0.491 e. The molecule has 1 unspecified atom stereocenters. The van der Waals surface area contributed by atoms with Gasteiger partial charge in [0.1, 0.15) is 12.4 Å². The first-order valence-electron chi connectivity index (χ1n) is 6.21. The minimum atomic E-state index is 0.0750. The third-order valence-corrected chi connectivity index (χ3v) is 3.95. The van der Waals surface area contributed by atoms with E-state index < -0.39 is 0 Å². The van der Waals surface area contributed by atoms with E-state index >= 15 is 0 Å². The molecule has 4 nitrogen and oxygen atoms in total. The Hall–Kier alpha value is -0.330. The Morgan fingerprint density at radius 2 is 2.37 bits per heavy atom. The van der Waals surface area contributed by atoms with Gasteiger partial charge in [0.15, 0.2) is 0 Å². The van der Waals surface area contributed by atoms with E-state index in [1.54, 1.807) is 6.07 Å². The number of hydrogen-bond donors (Lipinski definition) is 1. The standard InChI is InChI=1S/C13H17BrClNO3/c14-12-7-10(15)1-2-13(12)19-6-4-16-3-5-18-9-11(16)8-17/h1-2,7,11,17H,3-6,8-9H2. The van der Waals surface area contributed by atoms with Crippen LogP contribution in [0.5, 0.6) is 5.75 Å². The monoisotopic (exact) mass is 349 g/mol. The van der Waals surface area contributed by atoms with Gasteiger partial charge in [0.2, 0.25) is 0 Å². The smallest absolute Gasteiger partial charge is 0.133 e. The van der Waals surface area contributed by atoms with Gasteiger partial charge in [0.05, 0.1) is 30.3 Å². The van der Waals surface area contributed by atoms with Gasteiger partial charge in [-0.3, -0.25) is 4.90 Å². The summed E-state index contributed by atoms with van der Waals surface area (Å²) in [6.45, 7) is 3.57. The van der Waals surface area contributed by atoms with E-state index in [1.807, 2.05) is 12.1 Å². The second-order valence-electron chi connectivity index (χ2n) is 4.37. The fourth-order valence-electron chi connectivity index (χ4n) is 2.02. The quantitative estimate of drug-likeness (QED) is 0.884. The molecule has 106 valence electrons. The van der Waals surface area contributed by atoms with E-state index in [1.165, 1.54) is 0 Å². The summed E-state index contributed by atoms with van der Waals surface area (Å²) in [6.07, 6.45) is 0. The van der Waals surface area contributed by atoms with E-state index in [0.717, 1.165) is 23.3 Å². The summed E-state index contributed by atoms with van der Waals surface area (Å²) in [5, 5.41) is 9.94. The molecule has 19 heavy (non-hydrogen) atoms. The second-order valence-corrected chi connectivity index (χ2v) is 5.66. The molecular weight excluding hydrogens is 334 g/mol. The summed E-state index contributed by atoms with van der Waals surface area (Å²) in [5.74, 6) is 0.776. The highest BCUT2D eigenvalue weighted by Gasteiger charge is 2.21. The van der Waals surface area contributed by atoms with Gasteiger partial charge in [-0.2, -0.15) is 0 Å². The number of rotatable bonds is 5. The lowest BCUT2D eigenvalue weighted by atomic mass is 10.2. The second kappa shape index (κ2) is 7.45. The molecule has 0 aromatic heterocycles. The molecule has 1 heterocycles. The number of aliphatic hydroxyl groups excluding tert-OH is 1. The van der Waals surface area contributed by atoms with Crippen LogP contribution in [0, 0.1) is 0 Å². The molecule has 1 aromatic carbocycles. The van der Waals surface area contributed by atoms with Crippen molar-refractivity contribution < 1.29 is 14.6 Å². The molecule has 1 atom stereocenters. The van der Waals surface area contributed by atoms with Crippen LogP contribution in [0.1, 0.15) is 0 Å². The number of nitrogens with zero attached hydrogens (tertiary/aromatic N) is 1. The van der Waals surface area contributed by atoms with E-state index in [0.29, 0.717) is 24.8 Å². The SMILES string of the molecule is OCC1COCCN1CCOc1ccc(Cl)cc1Br. The van der Waals surface area contributed by atoms with E-state index in [2.05, 4.69) is 20.8 Å². The predicted octanol–water partition coefficient (Wildman–Crippen LogP) is 2.17. The van der Waals surface area contributed by atoms with Gasteiger partial charge in [0.25, 0.3) is 0 Å². The van der Waals surface area contributed by atoms with Crippen molar-refractivity contribution in [1.29, 1.82) is 0 Å². The maximum atomic E-state index is 9.27. The molecule has 2 rings (SSSR count). The number of morpholine rings is 1. The summed E-state index contributed by atoms with van der Waals surface area (Å²) in [6, 6.07) is 5.52. The Kier molecular flexibility index (Phi) is 5.91. The highest BCUT2D eigenvalue weighted by Crippen LogP contribution is 2.27. The molecule has 0 bridgehead atoms. The summed E-state index contributed by atoms with van der Waals surface area (Å²) in [4.78, 5) is 2.19. The molecule has 0 spiro atoms. The van der Waals surface area contributed by atoms with Crippen molar-refractivity contribution in [2.24, 2.45) is 0 Å². The van der Waals surface area contributed by atoms with Crippen LogP contribution in [0.15, 0.2) is 22.7 Å². The van der Waals surface area contributed by atoms with Crippen LogP contribution >= 0.6 is 27.5 Å². The average molecular weight is 351 g/mol. The zero-order valence-electron chi connectivity index (χ0n) is 10.5. The molecule has 1 aliphatic rings. The molecule has 1 N–H and O–H groups in total. The van der Waals surface area contributed by atoms with Gasteiger partial charge in [0, 0.05) is 18.1 Å². The first-order chi connectivity index (χ1) is 9.20. The van der Waals surface area contributed by atoms with Crippen molar-refractivity contribution in [1.82, 2.24) is 4.90 Å². The first-order valence-corrected chi connectivity index (χ1v) is 7.38. The van der Waals surface area contributed by atoms with Gasteiger partial charge < -0.3 is 14.6 Å². The largest absolute Gasteiger partial charge is 0.491 e. The molecule has 0 amide bonds. The molecule has 0 aliphatic carbocycles. The number of ether oxygens (including phenoxy) is 2. The van der Waals surface area contributed by atoms with Crippen LogP contribution in [0.25, 0.3) is 0 Å². The zero-order valence-corrected chi connectivity index (χ0v) is 12.9. The number of halogens is 2. The third kappa shape index (κ3) is 4.33. The predicted molar refractivity (Wildman–Crippen MR) is 77.9 cm³/mol. The third-order valence-electron chi connectivity index (χ3n) is 3.09. The van der Waals surface area contributed by atoms with Crippen molar-refractivity contribution >= 4 is 27.5 Å². The van der Waals surface area contributed by atoms with Gasteiger partial charge in [-0.05, 0) is 34.1 Å². The Morgan fingerprint density at radius 3 is 3.11 bits per heavy atom. The highest BCUT2D eigenvalue weighted by atomic mass is 79.9. The lowest BCUT2D eigenvalue weighted by Crippen LogP contribution is -2.48. The van der Waals surface area contributed by atoms with Crippen molar-refractivity contribution in [3.05, 3.63) is 27.7 Å². The van der Waals surface area contributed by atoms with Crippen LogP contribution in [-0.2, 0) is 4.74 Å². The topological polar surface area (TPSA) is 41.9 Å². The number of benzene rings is 1. The van der Waals surface area contributed by atoms with E-state index in [4.69, 9.17) is 21.1 Å². The highest BCUT2D eigenvalue weighted by molar-refractivity contribution is 9.10. The molecule has 1 saturated heterocycles. The lowest BCUT2D eigenvalue weighted by Gasteiger charge is -2.34. The number of aliphatic hydroxyl groups is 1. The molecule has 1 fully saturated rings. The summed E-state index contributed by atoms with van der Waals surface area (Å²) >= 11 is 9.29. The van der Waals surface area contributed by atoms with Crippen molar-refractivity contribution in [2.75, 3.05) is 39.5 Å². The Bertz CT molecular complexity index is 419. The molecule has 1 aliphatic heterocycles. The van der Waals surface area contributed by atoms with E-state index in [-0.39, 0.29) is 12.6 Å². The molecule has 0 radical (unpaired) electrons. The summed E-state index contributed by atoms with van der Waals surface area (Å²) in [5.41, 5.74) is 0. The van der Waals surface area contributed by atoms with Crippen LogP contribution in [0.3, 0.4) is 0 Å². The van der Waals surface area contributed by atoms with E-state index in [9.17, 15) is 5.11 Å².